The highest BCUT2D eigenvalue weighted by Gasteiger charge is 2.22. The van der Waals surface area contributed by atoms with Crippen LogP contribution in [0.5, 0.6) is 0 Å². The van der Waals surface area contributed by atoms with E-state index in [2.05, 4.69) is 36.0 Å². The van der Waals surface area contributed by atoms with E-state index < -0.39 is 0 Å². The maximum atomic E-state index is 13.1. The summed E-state index contributed by atoms with van der Waals surface area (Å²) in [6.07, 6.45) is 7.60. The molecule has 0 aromatic carbocycles. The molecule has 0 bridgehead atoms. The zero-order chi connectivity index (χ0) is 23.5. The average Bonchev–Trinajstić information content (AvgIpc) is 3.26. The monoisotopic (exact) mass is 478 g/mol. The van der Waals surface area contributed by atoms with Crippen LogP contribution in [-0.4, -0.2) is 47.7 Å². The molecule has 1 amide bonds. The summed E-state index contributed by atoms with van der Waals surface area (Å²) >= 11 is 5.94. The van der Waals surface area contributed by atoms with E-state index in [-0.39, 0.29) is 28.9 Å². The van der Waals surface area contributed by atoms with Gasteiger partial charge in [0, 0.05) is 30.2 Å². The number of fused-ring (bicyclic) bond motifs is 1. The number of rotatable bonds is 6. The van der Waals surface area contributed by atoms with Crippen molar-refractivity contribution in [3.63, 3.8) is 0 Å². The molecule has 34 heavy (non-hydrogen) atoms. The van der Waals surface area contributed by atoms with Crippen LogP contribution in [-0.2, 0) is 0 Å². The van der Waals surface area contributed by atoms with Crippen LogP contribution in [0.15, 0.2) is 55.0 Å². The van der Waals surface area contributed by atoms with E-state index in [1.54, 1.807) is 18.3 Å². The van der Waals surface area contributed by atoms with Crippen LogP contribution in [0.4, 0.5) is 23.0 Å². The third-order valence-electron chi connectivity index (χ3n) is 5.66. The Kier molecular flexibility index (Phi) is 6.24. The van der Waals surface area contributed by atoms with Gasteiger partial charge in [-0.2, -0.15) is 0 Å². The molecule has 0 unspecified atom stereocenters. The number of anilines is 4. The van der Waals surface area contributed by atoms with Gasteiger partial charge in [-0.3, -0.25) is 4.79 Å². The molecule has 0 saturated heterocycles. The fourth-order valence-electron chi connectivity index (χ4n) is 3.97. The van der Waals surface area contributed by atoms with Gasteiger partial charge in [-0.05, 0) is 49.9 Å². The standard InChI is InChI=1S/C23H23ClN8O2/c24-19-11-15(8-10-25-19)29-23(34)18-13-27-22-17(30-20-3-1-2-9-26-20)12-21(31-32(18)22)28-14-4-6-16(33)7-5-14/h1-3,8-14,16,33H,4-7H2,(H,26,30)(H,28,31)(H,25,29,34). The minimum atomic E-state index is -0.385. The molecular weight excluding hydrogens is 456 g/mol. The summed E-state index contributed by atoms with van der Waals surface area (Å²) in [6, 6.07) is 10.8. The summed E-state index contributed by atoms with van der Waals surface area (Å²) in [5.41, 5.74) is 1.91. The smallest absolute Gasteiger partial charge is 0.276 e. The van der Waals surface area contributed by atoms with Crippen LogP contribution in [0.25, 0.3) is 5.65 Å². The fraction of sp³-hybridized carbons (Fsp3) is 0.261. The fourth-order valence-corrected chi connectivity index (χ4v) is 4.14. The molecule has 11 heteroatoms. The molecule has 5 rings (SSSR count). The number of pyridine rings is 2. The van der Waals surface area contributed by atoms with E-state index in [1.807, 2.05) is 24.3 Å². The molecular formula is C23H23ClN8O2. The van der Waals surface area contributed by atoms with E-state index in [4.69, 9.17) is 11.6 Å². The molecule has 0 spiro atoms. The highest BCUT2D eigenvalue weighted by atomic mass is 35.5. The van der Waals surface area contributed by atoms with Crippen molar-refractivity contribution >= 4 is 46.2 Å². The van der Waals surface area contributed by atoms with Gasteiger partial charge in [-0.1, -0.05) is 17.7 Å². The van der Waals surface area contributed by atoms with Crippen molar-refractivity contribution in [3.8, 4) is 0 Å². The number of carbonyl (C=O) groups is 1. The SMILES string of the molecule is O=C(Nc1ccnc(Cl)c1)c1cnc2c(Nc3ccccn3)cc(NC3CCC(O)CC3)nn12. The Morgan fingerprint density at radius 3 is 2.65 bits per heavy atom. The normalized spacial score (nSPS) is 17.9. The Balaban J connectivity index is 1.49. The maximum Gasteiger partial charge on any atom is 0.276 e. The van der Waals surface area contributed by atoms with Crippen molar-refractivity contribution < 1.29 is 9.90 Å². The average molecular weight is 479 g/mol. The second-order valence-electron chi connectivity index (χ2n) is 8.13. The van der Waals surface area contributed by atoms with Crippen LogP contribution < -0.4 is 16.0 Å². The summed E-state index contributed by atoms with van der Waals surface area (Å²) in [5, 5.41) is 24.3. The second kappa shape index (κ2) is 9.62. The van der Waals surface area contributed by atoms with Gasteiger partial charge in [0.1, 0.15) is 16.8 Å². The third-order valence-corrected chi connectivity index (χ3v) is 5.87. The Hall–Kier alpha value is -3.76. The molecule has 1 saturated carbocycles. The molecule has 10 nitrogen and oxygen atoms in total. The first kappa shape index (κ1) is 22.1. The van der Waals surface area contributed by atoms with Crippen LogP contribution in [0, 0.1) is 0 Å². The van der Waals surface area contributed by atoms with Crippen molar-refractivity contribution in [1.82, 2.24) is 24.6 Å². The molecule has 4 aromatic rings. The van der Waals surface area contributed by atoms with Crippen molar-refractivity contribution in [2.75, 3.05) is 16.0 Å². The van der Waals surface area contributed by atoms with Gasteiger partial charge in [-0.15, -0.1) is 5.10 Å². The molecule has 174 valence electrons. The Morgan fingerprint density at radius 2 is 1.88 bits per heavy atom. The lowest BCUT2D eigenvalue weighted by Crippen LogP contribution is -2.29. The lowest BCUT2D eigenvalue weighted by molar-refractivity contribution is 0.102. The van der Waals surface area contributed by atoms with Crippen molar-refractivity contribution in [2.45, 2.75) is 37.8 Å². The highest BCUT2D eigenvalue weighted by molar-refractivity contribution is 6.29. The van der Waals surface area contributed by atoms with E-state index in [0.29, 0.717) is 28.7 Å². The van der Waals surface area contributed by atoms with Gasteiger partial charge >= 0.3 is 0 Å². The number of aliphatic hydroxyl groups excluding tert-OH is 1. The van der Waals surface area contributed by atoms with Gasteiger partial charge in [0.05, 0.1) is 18.0 Å². The quantitative estimate of drug-likeness (QED) is 0.307. The number of imidazole rings is 1. The number of aromatic nitrogens is 5. The number of hydrogen-bond donors (Lipinski definition) is 4. The topological polar surface area (TPSA) is 129 Å². The maximum absolute atomic E-state index is 13.1. The van der Waals surface area contributed by atoms with Gasteiger partial charge in [0.15, 0.2) is 11.3 Å². The molecule has 4 heterocycles. The largest absolute Gasteiger partial charge is 0.393 e. The molecule has 1 fully saturated rings. The number of carbonyl (C=O) groups excluding carboxylic acids is 1. The zero-order valence-electron chi connectivity index (χ0n) is 18.1. The molecule has 4 N–H and O–H groups in total. The molecule has 0 atom stereocenters. The van der Waals surface area contributed by atoms with Crippen LogP contribution >= 0.6 is 11.6 Å². The number of amides is 1. The van der Waals surface area contributed by atoms with Crippen molar-refractivity contribution in [2.24, 2.45) is 0 Å². The summed E-state index contributed by atoms with van der Waals surface area (Å²) in [6.45, 7) is 0. The first-order chi connectivity index (χ1) is 16.5. The lowest BCUT2D eigenvalue weighted by Gasteiger charge is -2.26. The second-order valence-corrected chi connectivity index (χ2v) is 8.52. The summed E-state index contributed by atoms with van der Waals surface area (Å²) < 4.78 is 1.50. The molecule has 4 aromatic heterocycles. The van der Waals surface area contributed by atoms with E-state index >= 15 is 0 Å². The predicted octanol–water partition coefficient (Wildman–Crippen LogP) is 3.88. The summed E-state index contributed by atoms with van der Waals surface area (Å²) in [7, 11) is 0. The Labute approximate surface area is 200 Å². The predicted molar refractivity (Wildman–Crippen MR) is 130 cm³/mol. The van der Waals surface area contributed by atoms with Gasteiger partial charge in [-0.25, -0.2) is 19.5 Å². The molecule has 1 aliphatic rings. The number of hydrogen-bond acceptors (Lipinski definition) is 8. The minimum absolute atomic E-state index is 0.177. The van der Waals surface area contributed by atoms with Gasteiger partial charge in [0.2, 0.25) is 0 Å². The van der Waals surface area contributed by atoms with Gasteiger partial charge < -0.3 is 21.1 Å². The van der Waals surface area contributed by atoms with E-state index in [1.165, 1.54) is 16.9 Å². The number of aliphatic hydroxyl groups is 1. The summed E-state index contributed by atoms with van der Waals surface area (Å²) in [4.78, 5) is 25.7. The number of nitrogens with zero attached hydrogens (tertiary/aromatic N) is 5. The highest BCUT2D eigenvalue weighted by Crippen LogP contribution is 2.27. The van der Waals surface area contributed by atoms with Crippen molar-refractivity contribution in [1.29, 1.82) is 0 Å². The Bertz CT molecular complexity index is 1310. The number of nitrogens with one attached hydrogen (secondary N) is 3. The van der Waals surface area contributed by atoms with Crippen molar-refractivity contribution in [3.05, 3.63) is 65.8 Å². The first-order valence-corrected chi connectivity index (χ1v) is 11.4. The zero-order valence-corrected chi connectivity index (χ0v) is 18.9. The first-order valence-electron chi connectivity index (χ1n) is 11.0. The van der Waals surface area contributed by atoms with E-state index in [0.717, 1.165) is 25.7 Å². The minimum Gasteiger partial charge on any atom is -0.393 e. The Morgan fingerprint density at radius 1 is 1.03 bits per heavy atom. The van der Waals surface area contributed by atoms with Crippen LogP contribution in [0.3, 0.4) is 0 Å². The lowest BCUT2D eigenvalue weighted by atomic mass is 9.93. The van der Waals surface area contributed by atoms with Crippen LogP contribution in [0.1, 0.15) is 36.2 Å². The van der Waals surface area contributed by atoms with Crippen LogP contribution in [0.2, 0.25) is 5.15 Å². The van der Waals surface area contributed by atoms with E-state index in [9.17, 15) is 9.90 Å². The molecule has 0 radical (unpaired) electrons. The van der Waals surface area contributed by atoms with Gasteiger partial charge in [0.25, 0.3) is 5.91 Å². The summed E-state index contributed by atoms with van der Waals surface area (Å²) in [5.74, 6) is 0.845. The molecule has 1 aliphatic carbocycles. The molecule has 0 aliphatic heterocycles. The third kappa shape index (κ3) is 4.92. The number of halogens is 1.